The lowest BCUT2D eigenvalue weighted by atomic mass is 9.81. The second-order valence-corrected chi connectivity index (χ2v) is 6.66. The summed E-state index contributed by atoms with van der Waals surface area (Å²) in [5.41, 5.74) is -0.152. The molecule has 0 saturated carbocycles. The molecule has 0 radical (unpaired) electrons. The third-order valence-electron chi connectivity index (χ3n) is 4.23. The van der Waals surface area contributed by atoms with Crippen LogP contribution in [0.5, 0.6) is 0 Å². The Morgan fingerprint density at radius 3 is 3.06 bits per heavy atom. The molecule has 0 aromatic heterocycles. The molecule has 3 unspecified atom stereocenters. The van der Waals surface area contributed by atoms with Crippen molar-refractivity contribution in [1.82, 2.24) is 5.32 Å². The lowest BCUT2D eigenvalue weighted by Gasteiger charge is -2.38. The Hall–Kier alpha value is -0.100. The van der Waals surface area contributed by atoms with E-state index in [4.69, 9.17) is 9.47 Å². The average molecular weight is 271 g/mol. The highest BCUT2D eigenvalue weighted by molar-refractivity contribution is 7.99. The van der Waals surface area contributed by atoms with E-state index in [-0.39, 0.29) is 17.6 Å². The van der Waals surface area contributed by atoms with Crippen molar-refractivity contribution < 1.29 is 14.3 Å². The zero-order valence-corrected chi connectivity index (χ0v) is 11.5. The monoisotopic (exact) mass is 271 g/mol. The molecule has 18 heavy (non-hydrogen) atoms. The van der Waals surface area contributed by atoms with Crippen molar-refractivity contribution in [3.8, 4) is 0 Å². The summed E-state index contributed by atoms with van der Waals surface area (Å²) in [5, 5.41) is 3.35. The minimum absolute atomic E-state index is 0.0613. The fourth-order valence-corrected chi connectivity index (χ4v) is 4.11. The summed E-state index contributed by atoms with van der Waals surface area (Å²) in [7, 11) is 0. The van der Waals surface area contributed by atoms with E-state index in [9.17, 15) is 4.79 Å². The van der Waals surface area contributed by atoms with E-state index in [1.807, 2.05) is 11.8 Å². The Morgan fingerprint density at radius 2 is 2.33 bits per heavy atom. The minimum atomic E-state index is -0.152. The molecule has 102 valence electrons. The molecule has 3 aliphatic rings. The van der Waals surface area contributed by atoms with Gasteiger partial charge in [-0.2, -0.15) is 11.8 Å². The highest BCUT2D eigenvalue weighted by Crippen LogP contribution is 2.36. The van der Waals surface area contributed by atoms with Gasteiger partial charge in [-0.25, -0.2) is 0 Å². The second-order valence-electron chi connectivity index (χ2n) is 5.51. The Balaban J connectivity index is 1.62. The molecule has 1 N–H and O–H groups in total. The number of hydrogen-bond acceptors (Lipinski definition) is 5. The molecule has 3 atom stereocenters. The van der Waals surface area contributed by atoms with Crippen LogP contribution in [0.3, 0.4) is 0 Å². The van der Waals surface area contributed by atoms with Gasteiger partial charge in [-0.05, 0) is 12.8 Å². The highest BCUT2D eigenvalue weighted by atomic mass is 32.2. The van der Waals surface area contributed by atoms with Gasteiger partial charge >= 0.3 is 0 Å². The quantitative estimate of drug-likeness (QED) is 0.807. The molecule has 0 aliphatic carbocycles. The van der Waals surface area contributed by atoms with Gasteiger partial charge in [0.05, 0.1) is 18.2 Å². The van der Waals surface area contributed by atoms with Crippen LogP contribution in [0.25, 0.3) is 0 Å². The van der Waals surface area contributed by atoms with E-state index in [0.29, 0.717) is 19.0 Å². The predicted octanol–water partition coefficient (Wildman–Crippen LogP) is 0.846. The average Bonchev–Trinajstić information content (AvgIpc) is 2.87. The summed E-state index contributed by atoms with van der Waals surface area (Å²) in [6.07, 6.45) is 2.68. The topological polar surface area (TPSA) is 47.6 Å². The van der Waals surface area contributed by atoms with Gasteiger partial charge in [0.1, 0.15) is 0 Å². The maximum atomic E-state index is 12.5. The van der Waals surface area contributed by atoms with Gasteiger partial charge in [0, 0.05) is 43.6 Å². The molecule has 0 aromatic carbocycles. The standard InChI is InChI=1S/C13H21NO3S/c15-12(11-8-18-6-3-14-11)10-1-4-17-13(7-10)2-5-16-9-13/h10-11,14H,1-9H2. The Bertz CT molecular complexity index is 311. The summed E-state index contributed by atoms with van der Waals surface area (Å²) >= 11 is 1.88. The maximum absolute atomic E-state index is 12.5. The van der Waals surface area contributed by atoms with Crippen LogP contribution < -0.4 is 5.32 Å². The number of ketones is 1. The first-order chi connectivity index (χ1) is 8.79. The van der Waals surface area contributed by atoms with Gasteiger partial charge in [-0.3, -0.25) is 4.79 Å². The Kier molecular flexibility index (Phi) is 3.94. The van der Waals surface area contributed by atoms with Crippen molar-refractivity contribution in [3.63, 3.8) is 0 Å². The molecule has 0 aromatic rings. The fourth-order valence-electron chi connectivity index (χ4n) is 3.17. The summed E-state index contributed by atoms with van der Waals surface area (Å²) in [5.74, 6) is 2.61. The van der Waals surface area contributed by atoms with Crippen LogP contribution in [0.1, 0.15) is 19.3 Å². The van der Waals surface area contributed by atoms with Crippen molar-refractivity contribution in [2.24, 2.45) is 5.92 Å². The van der Waals surface area contributed by atoms with E-state index >= 15 is 0 Å². The first-order valence-corrected chi connectivity index (χ1v) is 8.01. The summed E-state index contributed by atoms with van der Waals surface area (Å²) in [6.45, 7) is 3.11. The van der Waals surface area contributed by atoms with Gasteiger partial charge in [-0.1, -0.05) is 0 Å². The molecule has 1 spiro atoms. The number of thioether (sulfide) groups is 1. The van der Waals surface area contributed by atoms with Crippen LogP contribution >= 0.6 is 11.8 Å². The second kappa shape index (κ2) is 5.49. The number of carbonyl (C=O) groups excluding carboxylic acids is 1. The van der Waals surface area contributed by atoms with Crippen molar-refractivity contribution >= 4 is 17.5 Å². The van der Waals surface area contributed by atoms with E-state index in [1.54, 1.807) is 0 Å². The molecular weight excluding hydrogens is 250 g/mol. The predicted molar refractivity (Wildman–Crippen MR) is 71.0 cm³/mol. The van der Waals surface area contributed by atoms with Gasteiger partial charge < -0.3 is 14.8 Å². The molecule has 3 aliphatic heterocycles. The number of rotatable bonds is 2. The Labute approximate surface area is 112 Å². The fraction of sp³-hybridized carbons (Fsp3) is 0.923. The molecule has 3 rings (SSSR count). The van der Waals surface area contributed by atoms with Crippen molar-refractivity contribution in [2.75, 3.05) is 37.9 Å². The highest BCUT2D eigenvalue weighted by Gasteiger charge is 2.44. The first kappa shape index (κ1) is 12.9. The number of ether oxygens (including phenoxy) is 2. The Morgan fingerprint density at radius 1 is 1.39 bits per heavy atom. The molecule has 0 bridgehead atoms. The van der Waals surface area contributed by atoms with Crippen LogP contribution in [0.4, 0.5) is 0 Å². The summed E-state index contributed by atoms with van der Waals surface area (Å²) in [6, 6.07) is 0.0613. The maximum Gasteiger partial charge on any atom is 0.153 e. The number of nitrogens with one attached hydrogen (secondary N) is 1. The van der Waals surface area contributed by atoms with Crippen LogP contribution in [-0.4, -0.2) is 55.3 Å². The van der Waals surface area contributed by atoms with Crippen molar-refractivity contribution in [2.45, 2.75) is 30.9 Å². The third-order valence-corrected chi connectivity index (χ3v) is 5.29. The van der Waals surface area contributed by atoms with E-state index < -0.39 is 0 Å². The van der Waals surface area contributed by atoms with Gasteiger partial charge in [0.15, 0.2) is 5.78 Å². The van der Waals surface area contributed by atoms with Crippen LogP contribution in [0, 0.1) is 5.92 Å². The smallest absolute Gasteiger partial charge is 0.153 e. The van der Waals surface area contributed by atoms with Gasteiger partial charge in [-0.15, -0.1) is 0 Å². The lowest BCUT2D eigenvalue weighted by Crippen LogP contribution is -2.50. The van der Waals surface area contributed by atoms with E-state index in [1.165, 1.54) is 0 Å². The molecule has 3 heterocycles. The SMILES string of the molecule is O=C(C1CCOC2(CCOC2)C1)C1CSCCN1. The molecule has 5 heteroatoms. The normalized spacial score (nSPS) is 41.1. The van der Waals surface area contributed by atoms with E-state index in [0.717, 1.165) is 43.9 Å². The first-order valence-electron chi connectivity index (χ1n) is 6.86. The van der Waals surface area contributed by atoms with E-state index in [2.05, 4.69) is 5.32 Å². The van der Waals surface area contributed by atoms with Crippen molar-refractivity contribution in [3.05, 3.63) is 0 Å². The zero-order valence-electron chi connectivity index (χ0n) is 10.7. The van der Waals surface area contributed by atoms with Crippen LogP contribution in [0.15, 0.2) is 0 Å². The minimum Gasteiger partial charge on any atom is -0.378 e. The summed E-state index contributed by atoms with van der Waals surface area (Å²) < 4.78 is 11.3. The lowest BCUT2D eigenvalue weighted by molar-refractivity contribution is -0.138. The number of carbonyl (C=O) groups is 1. The molecular formula is C13H21NO3S. The van der Waals surface area contributed by atoms with Gasteiger partial charge in [0.25, 0.3) is 0 Å². The number of Topliss-reactive ketones (excluding diaryl/α,β-unsaturated/α-hetero) is 1. The molecule has 0 amide bonds. The summed E-state index contributed by atoms with van der Waals surface area (Å²) in [4.78, 5) is 12.5. The molecule has 4 nitrogen and oxygen atoms in total. The molecule has 3 saturated heterocycles. The van der Waals surface area contributed by atoms with Gasteiger partial charge in [0.2, 0.25) is 0 Å². The van der Waals surface area contributed by atoms with Crippen LogP contribution in [0.2, 0.25) is 0 Å². The molecule has 3 fully saturated rings. The zero-order chi connectivity index (χ0) is 12.4. The number of hydrogen-bond donors (Lipinski definition) is 1. The largest absolute Gasteiger partial charge is 0.378 e. The van der Waals surface area contributed by atoms with Crippen molar-refractivity contribution in [1.29, 1.82) is 0 Å². The third kappa shape index (κ3) is 2.59. The van der Waals surface area contributed by atoms with Crippen LogP contribution in [-0.2, 0) is 14.3 Å².